The standard InChI is InChI=1S/C22H13ClN8OS/c23-14-8-6-12(7-9-14)17-15(10-24)18(25)31-19(27-17)16(11-26-31)20(32)28-22-30-29-21(33-22)13-4-2-1-3-5-13/h1-9,11H,25H2,(H,28,30,32). The van der Waals surface area contributed by atoms with Crippen LogP contribution >= 0.6 is 22.9 Å². The summed E-state index contributed by atoms with van der Waals surface area (Å²) in [6.45, 7) is 0. The molecule has 5 rings (SSSR count). The van der Waals surface area contributed by atoms with E-state index in [-0.39, 0.29) is 22.6 Å². The summed E-state index contributed by atoms with van der Waals surface area (Å²) >= 11 is 7.22. The second-order valence-electron chi connectivity index (χ2n) is 6.87. The molecule has 0 radical (unpaired) electrons. The molecule has 11 heteroatoms. The van der Waals surface area contributed by atoms with Gasteiger partial charge in [-0.2, -0.15) is 14.9 Å². The zero-order chi connectivity index (χ0) is 22.9. The highest BCUT2D eigenvalue weighted by molar-refractivity contribution is 7.18. The van der Waals surface area contributed by atoms with Gasteiger partial charge in [-0.1, -0.05) is 65.4 Å². The van der Waals surface area contributed by atoms with Crippen molar-refractivity contribution in [3.05, 3.63) is 76.9 Å². The van der Waals surface area contributed by atoms with Gasteiger partial charge >= 0.3 is 0 Å². The Hall–Kier alpha value is -4.33. The molecule has 0 bridgehead atoms. The number of carbonyl (C=O) groups excluding carboxylic acids is 1. The molecule has 160 valence electrons. The third-order valence-electron chi connectivity index (χ3n) is 4.82. The zero-order valence-electron chi connectivity index (χ0n) is 16.7. The average molecular weight is 473 g/mol. The second kappa shape index (κ2) is 8.31. The van der Waals surface area contributed by atoms with Crippen molar-refractivity contribution in [2.75, 3.05) is 11.1 Å². The predicted octanol–water partition coefficient (Wildman–Crippen LogP) is 4.27. The fourth-order valence-electron chi connectivity index (χ4n) is 3.24. The number of nitriles is 1. The summed E-state index contributed by atoms with van der Waals surface area (Å²) in [5, 5.41) is 26.3. The van der Waals surface area contributed by atoms with Gasteiger partial charge in [-0.05, 0) is 12.1 Å². The molecule has 0 fully saturated rings. The van der Waals surface area contributed by atoms with Crippen molar-refractivity contribution in [1.82, 2.24) is 24.8 Å². The molecule has 3 heterocycles. The van der Waals surface area contributed by atoms with Crippen molar-refractivity contribution >= 4 is 45.4 Å². The lowest BCUT2D eigenvalue weighted by atomic mass is 10.1. The molecular weight excluding hydrogens is 460 g/mol. The van der Waals surface area contributed by atoms with Gasteiger partial charge in [0.05, 0.1) is 11.9 Å². The van der Waals surface area contributed by atoms with Crippen LogP contribution in [-0.2, 0) is 0 Å². The molecule has 0 saturated heterocycles. The molecule has 2 aromatic carbocycles. The van der Waals surface area contributed by atoms with E-state index in [2.05, 4.69) is 31.7 Å². The van der Waals surface area contributed by atoms with E-state index < -0.39 is 5.91 Å². The molecule has 1 amide bonds. The van der Waals surface area contributed by atoms with Crippen molar-refractivity contribution in [1.29, 1.82) is 5.26 Å². The summed E-state index contributed by atoms with van der Waals surface area (Å²) in [5.74, 6) is -0.395. The number of aromatic nitrogens is 5. The lowest BCUT2D eigenvalue weighted by Crippen LogP contribution is -2.13. The number of anilines is 2. The lowest BCUT2D eigenvalue weighted by molar-refractivity contribution is 0.102. The second-order valence-corrected chi connectivity index (χ2v) is 8.28. The molecule has 33 heavy (non-hydrogen) atoms. The van der Waals surface area contributed by atoms with Gasteiger partial charge in [0, 0.05) is 16.1 Å². The quantitative estimate of drug-likeness (QED) is 0.398. The van der Waals surface area contributed by atoms with Crippen LogP contribution in [0.25, 0.3) is 27.5 Å². The minimum atomic E-state index is -0.473. The maximum absolute atomic E-state index is 13.0. The number of carbonyl (C=O) groups is 1. The van der Waals surface area contributed by atoms with Gasteiger partial charge in [0.25, 0.3) is 5.91 Å². The van der Waals surface area contributed by atoms with Crippen LogP contribution in [0.4, 0.5) is 10.9 Å². The van der Waals surface area contributed by atoms with E-state index in [4.69, 9.17) is 17.3 Å². The summed E-state index contributed by atoms with van der Waals surface area (Å²) in [4.78, 5) is 17.5. The molecule has 0 aliphatic rings. The third kappa shape index (κ3) is 3.76. The minimum absolute atomic E-state index is 0.0776. The topological polar surface area (TPSA) is 135 Å². The van der Waals surface area contributed by atoms with Crippen LogP contribution in [0.5, 0.6) is 0 Å². The normalized spacial score (nSPS) is 10.8. The number of nitrogens with zero attached hydrogens (tertiary/aromatic N) is 6. The molecule has 3 N–H and O–H groups in total. The first kappa shape index (κ1) is 20.6. The van der Waals surface area contributed by atoms with Crippen molar-refractivity contribution in [2.45, 2.75) is 0 Å². The number of fused-ring (bicyclic) bond motifs is 1. The summed E-state index contributed by atoms with van der Waals surface area (Å²) < 4.78 is 1.27. The molecule has 9 nitrogen and oxygen atoms in total. The van der Waals surface area contributed by atoms with Gasteiger partial charge in [0.15, 0.2) is 5.65 Å². The van der Waals surface area contributed by atoms with Crippen LogP contribution in [0.15, 0.2) is 60.8 Å². The van der Waals surface area contributed by atoms with Gasteiger partial charge in [0.2, 0.25) is 5.13 Å². The van der Waals surface area contributed by atoms with E-state index in [0.29, 0.717) is 26.4 Å². The first-order valence-electron chi connectivity index (χ1n) is 9.58. The highest BCUT2D eigenvalue weighted by Crippen LogP contribution is 2.30. The number of hydrogen-bond donors (Lipinski definition) is 2. The lowest BCUT2D eigenvalue weighted by Gasteiger charge is -2.09. The van der Waals surface area contributed by atoms with Crippen LogP contribution in [0.3, 0.4) is 0 Å². The van der Waals surface area contributed by atoms with E-state index >= 15 is 0 Å². The monoisotopic (exact) mass is 472 g/mol. The number of benzene rings is 2. The fourth-order valence-corrected chi connectivity index (χ4v) is 4.11. The number of nitrogens with two attached hydrogens (primary N) is 1. The summed E-state index contributed by atoms with van der Waals surface area (Å²) in [5.41, 5.74) is 8.59. The van der Waals surface area contributed by atoms with E-state index in [1.165, 1.54) is 22.0 Å². The summed E-state index contributed by atoms with van der Waals surface area (Å²) in [6.07, 6.45) is 1.35. The fraction of sp³-hybridized carbons (Fsp3) is 0. The van der Waals surface area contributed by atoms with Crippen LogP contribution < -0.4 is 11.1 Å². The predicted molar refractivity (Wildman–Crippen MR) is 126 cm³/mol. The number of nitrogen functional groups attached to an aromatic ring is 1. The first-order chi connectivity index (χ1) is 16.0. The number of hydrogen-bond acceptors (Lipinski definition) is 8. The van der Waals surface area contributed by atoms with Gasteiger partial charge in [0.1, 0.15) is 28.0 Å². The first-order valence-corrected chi connectivity index (χ1v) is 10.8. The van der Waals surface area contributed by atoms with Gasteiger partial charge in [-0.15, -0.1) is 10.2 Å². The third-order valence-corrected chi connectivity index (χ3v) is 5.96. The van der Waals surface area contributed by atoms with E-state index in [9.17, 15) is 10.1 Å². The van der Waals surface area contributed by atoms with E-state index in [1.807, 2.05) is 30.3 Å². The Labute approximate surface area is 196 Å². The Balaban J connectivity index is 1.52. The van der Waals surface area contributed by atoms with Crippen molar-refractivity contribution < 1.29 is 4.79 Å². The zero-order valence-corrected chi connectivity index (χ0v) is 18.3. The minimum Gasteiger partial charge on any atom is -0.382 e. The largest absolute Gasteiger partial charge is 0.382 e. The van der Waals surface area contributed by atoms with Crippen LogP contribution in [-0.4, -0.2) is 30.7 Å². The van der Waals surface area contributed by atoms with E-state index in [1.54, 1.807) is 24.3 Å². The highest BCUT2D eigenvalue weighted by Gasteiger charge is 2.22. The molecule has 3 aromatic heterocycles. The molecule has 0 unspecified atom stereocenters. The van der Waals surface area contributed by atoms with Gasteiger partial charge in [-0.3, -0.25) is 10.1 Å². The van der Waals surface area contributed by atoms with Crippen LogP contribution in [0.2, 0.25) is 5.02 Å². The summed E-state index contributed by atoms with van der Waals surface area (Å²) in [7, 11) is 0. The molecule has 0 atom stereocenters. The van der Waals surface area contributed by atoms with Crippen molar-refractivity contribution in [2.24, 2.45) is 0 Å². The number of nitrogens with one attached hydrogen (secondary N) is 1. The maximum Gasteiger partial charge on any atom is 0.262 e. The van der Waals surface area contributed by atoms with Crippen LogP contribution in [0.1, 0.15) is 15.9 Å². The Morgan fingerprint density at radius 3 is 2.58 bits per heavy atom. The Morgan fingerprint density at radius 2 is 1.85 bits per heavy atom. The number of amides is 1. The SMILES string of the molecule is N#Cc1c(-c2ccc(Cl)cc2)nc2c(C(=O)Nc3nnc(-c4ccccc4)s3)cnn2c1N. The maximum atomic E-state index is 13.0. The van der Waals surface area contributed by atoms with E-state index in [0.717, 1.165) is 5.56 Å². The molecule has 0 spiro atoms. The van der Waals surface area contributed by atoms with Gasteiger partial charge in [-0.25, -0.2) is 4.98 Å². The van der Waals surface area contributed by atoms with Crippen molar-refractivity contribution in [3.8, 4) is 27.9 Å². The highest BCUT2D eigenvalue weighted by atomic mass is 35.5. The molecule has 0 aliphatic heterocycles. The van der Waals surface area contributed by atoms with Crippen LogP contribution in [0, 0.1) is 11.3 Å². The molecule has 0 saturated carbocycles. The summed E-state index contributed by atoms with van der Waals surface area (Å²) in [6, 6.07) is 18.4. The van der Waals surface area contributed by atoms with Gasteiger partial charge < -0.3 is 5.73 Å². The average Bonchev–Trinajstić information content (AvgIpc) is 3.47. The Bertz CT molecular complexity index is 1540. The number of halogens is 1. The number of rotatable bonds is 4. The Morgan fingerprint density at radius 1 is 1.09 bits per heavy atom. The molecule has 0 aliphatic carbocycles. The van der Waals surface area contributed by atoms with Crippen molar-refractivity contribution in [3.63, 3.8) is 0 Å². The molecular formula is C22H13ClN8OS. The smallest absolute Gasteiger partial charge is 0.262 e. The Kier molecular flexibility index (Phi) is 5.18. The molecule has 5 aromatic rings.